The van der Waals surface area contributed by atoms with E-state index in [1.54, 1.807) is 23.3 Å². The third kappa shape index (κ3) is 3.62. The number of nitrogens with zero attached hydrogens (tertiary/aromatic N) is 2. The smallest absolute Gasteiger partial charge is 0.276 e. The highest BCUT2D eigenvalue weighted by Crippen LogP contribution is 2.19. The van der Waals surface area contributed by atoms with Crippen molar-refractivity contribution in [2.24, 2.45) is 0 Å². The number of hydrogen-bond acceptors (Lipinski definition) is 5. The Hall–Kier alpha value is -1.86. The Bertz CT molecular complexity index is 580. The zero-order chi connectivity index (χ0) is 15.2. The number of aromatic nitrogens is 2. The standard InChI is InChI=1S/C14H20N4O2S/c1-3-11-12(15)13(17-16-11)14(19)18(6-7-20-2)9-10-5-4-8-21-10/h4-5,8H,3,6-7,9,15H2,1-2H3,(H,16,17). The van der Waals surface area contributed by atoms with Gasteiger partial charge in [0.25, 0.3) is 5.91 Å². The van der Waals surface area contributed by atoms with E-state index in [1.807, 2.05) is 24.4 Å². The number of H-pyrrole nitrogens is 1. The quantitative estimate of drug-likeness (QED) is 0.818. The third-order valence-corrected chi connectivity index (χ3v) is 4.08. The Morgan fingerprint density at radius 3 is 2.95 bits per heavy atom. The van der Waals surface area contributed by atoms with Crippen LogP contribution in [0, 0.1) is 0 Å². The van der Waals surface area contributed by atoms with Gasteiger partial charge in [0.2, 0.25) is 0 Å². The number of aryl methyl sites for hydroxylation is 1. The van der Waals surface area contributed by atoms with Crippen LogP contribution in [0.4, 0.5) is 5.69 Å². The molecule has 0 radical (unpaired) electrons. The number of hydrogen-bond donors (Lipinski definition) is 2. The highest BCUT2D eigenvalue weighted by Gasteiger charge is 2.22. The average Bonchev–Trinajstić information content (AvgIpc) is 3.12. The zero-order valence-corrected chi connectivity index (χ0v) is 13.1. The van der Waals surface area contributed by atoms with Gasteiger partial charge >= 0.3 is 0 Å². The number of rotatable bonds is 7. The Morgan fingerprint density at radius 1 is 1.57 bits per heavy atom. The van der Waals surface area contributed by atoms with Gasteiger partial charge in [-0.05, 0) is 17.9 Å². The molecule has 0 bridgehead atoms. The van der Waals surface area contributed by atoms with Crippen LogP contribution in [0.1, 0.15) is 28.0 Å². The summed E-state index contributed by atoms with van der Waals surface area (Å²) in [5.74, 6) is -0.172. The average molecular weight is 308 g/mol. The molecule has 2 aromatic heterocycles. The molecule has 0 atom stereocenters. The molecule has 0 aliphatic heterocycles. The van der Waals surface area contributed by atoms with Gasteiger partial charge in [-0.3, -0.25) is 9.89 Å². The third-order valence-electron chi connectivity index (χ3n) is 3.22. The maximum absolute atomic E-state index is 12.6. The number of amides is 1. The maximum atomic E-state index is 12.6. The number of anilines is 1. The second-order valence-corrected chi connectivity index (χ2v) is 5.65. The van der Waals surface area contributed by atoms with Gasteiger partial charge < -0.3 is 15.4 Å². The van der Waals surface area contributed by atoms with Crippen LogP contribution in [0.3, 0.4) is 0 Å². The number of nitrogens with one attached hydrogen (secondary N) is 1. The Morgan fingerprint density at radius 2 is 2.38 bits per heavy atom. The van der Waals surface area contributed by atoms with Gasteiger partial charge in [0.1, 0.15) is 0 Å². The van der Waals surface area contributed by atoms with Gasteiger partial charge in [-0.15, -0.1) is 11.3 Å². The van der Waals surface area contributed by atoms with E-state index in [1.165, 1.54) is 0 Å². The highest BCUT2D eigenvalue weighted by atomic mass is 32.1. The second kappa shape index (κ2) is 7.24. The minimum atomic E-state index is -0.172. The first kappa shape index (κ1) is 15.5. The summed E-state index contributed by atoms with van der Waals surface area (Å²) in [6.07, 6.45) is 0.717. The number of nitrogens with two attached hydrogens (primary N) is 1. The molecule has 2 rings (SSSR count). The Kier molecular flexibility index (Phi) is 5.35. The van der Waals surface area contributed by atoms with Crippen LogP contribution in [-0.2, 0) is 17.7 Å². The molecular formula is C14H20N4O2S. The zero-order valence-electron chi connectivity index (χ0n) is 12.3. The molecule has 0 saturated heterocycles. The molecule has 0 aliphatic rings. The molecule has 6 nitrogen and oxygen atoms in total. The fraction of sp³-hybridized carbons (Fsp3) is 0.429. The van der Waals surface area contributed by atoms with E-state index < -0.39 is 0 Å². The van der Waals surface area contributed by atoms with Crippen molar-refractivity contribution in [2.45, 2.75) is 19.9 Å². The van der Waals surface area contributed by atoms with Crippen molar-refractivity contribution in [3.63, 3.8) is 0 Å². The van der Waals surface area contributed by atoms with E-state index in [4.69, 9.17) is 10.5 Å². The van der Waals surface area contributed by atoms with Crippen molar-refractivity contribution < 1.29 is 9.53 Å². The monoisotopic (exact) mass is 308 g/mol. The van der Waals surface area contributed by atoms with E-state index in [2.05, 4.69) is 10.2 Å². The summed E-state index contributed by atoms with van der Waals surface area (Å²) in [6, 6.07) is 3.97. The Balaban J connectivity index is 2.18. The maximum Gasteiger partial charge on any atom is 0.276 e. The molecule has 114 valence electrons. The van der Waals surface area contributed by atoms with E-state index in [9.17, 15) is 4.79 Å². The van der Waals surface area contributed by atoms with Crippen molar-refractivity contribution in [3.05, 3.63) is 33.8 Å². The lowest BCUT2D eigenvalue weighted by Crippen LogP contribution is -2.34. The topological polar surface area (TPSA) is 84.2 Å². The number of nitrogen functional groups attached to an aromatic ring is 1. The molecule has 7 heteroatoms. The molecule has 0 aromatic carbocycles. The van der Waals surface area contributed by atoms with Crippen molar-refractivity contribution in [1.29, 1.82) is 0 Å². The molecule has 0 unspecified atom stereocenters. The molecular weight excluding hydrogens is 288 g/mol. The van der Waals surface area contributed by atoms with Crippen LogP contribution in [-0.4, -0.2) is 41.3 Å². The Labute approximate surface area is 127 Å². The van der Waals surface area contributed by atoms with Gasteiger partial charge in [-0.2, -0.15) is 5.10 Å². The first-order valence-electron chi connectivity index (χ1n) is 6.80. The van der Waals surface area contributed by atoms with Crippen molar-refractivity contribution >= 4 is 22.9 Å². The molecule has 1 amide bonds. The van der Waals surface area contributed by atoms with E-state index in [-0.39, 0.29) is 5.91 Å². The molecule has 0 spiro atoms. The number of carbonyl (C=O) groups excluding carboxylic acids is 1. The summed E-state index contributed by atoms with van der Waals surface area (Å²) >= 11 is 1.62. The van der Waals surface area contributed by atoms with Crippen LogP contribution in [0.25, 0.3) is 0 Å². The van der Waals surface area contributed by atoms with Gasteiger partial charge in [0.05, 0.1) is 24.5 Å². The summed E-state index contributed by atoms with van der Waals surface area (Å²) < 4.78 is 5.08. The first-order valence-corrected chi connectivity index (χ1v) is 7.68. The van der Waals surface area contributed by atoms with Crippen LogP contribution in [0.5, 0.6) is 0 Å². The van der Waals surface area contributed by atoms with E-state index in [0.717, 1.165) is 17.0 Å². The van der Waals surface area contributed by atoms with Crippen LogP contribution in [0.2, 0.25) is 0 Å². The molecule has 21 heavy (non-hydrogen) atoms. The fourth-order valence-corrected chi connectivity index (χ4v) is 2.73. The summed E-state index contributed by atoms with van der Waals surface area (Å²) in [5, 5.41) is 8.88. The summed E-state index contributed by atoms with van der Waals surface area (Å²) in [5.41, 5.74) is 7.51. The number of aromatic amines is 1. The van der Waals surface area contributed by atoms with E-state index in [0.29, 0.717) is 31.1 Å². The lowest BCUT2D eigenvalue weighted by atomic mass is 10.2. The predicted octanol–water partition coefficient (Wildman–Crippen LogP) is 1.90. The number of methoxy groups -OCH3 is 1. The normalized spacial score (nSPS) is 10.8. The minimum absolute atomic E-state index is 0.172. The van der Waals surface area contributed by atoms with Gasteiger partial charge in [-0.1, -0.05) is 13.0 Å². The molecule has 0 aliphatic carbocycles. The summed E-state index contributed by atoms with van der Waals surface area (Å²) in [6.45, 7) is 3.48. The largest absolute Gasteiger partial charge is 0.395 e. The number of ether oxygens (including phenoxy) is 1. The molecule has 3 N–H and O–H groups in total. The predicted molar refractivity (Wildman–Crippen MR) is 83.3 cm³/mol. The number of thiophene rings is 1. The van der Waals surface area contributed by atoms with E-state index >= 15 is 0 Å². The lowest BCUT2D eigenvalue weighted by molar-refractivity contribution is 0.0677. The fourth-order valence-electron chi connectivity index (χ4n) is 2.01. The van der Waals surface area contributed by atoms with Crippen molar-refractivity contribution in [3.8, 4) is 0 Å². The van der Waals surface area contributed by atoms with Gasteiger partial charge in [0, 0.05) is 18.5 Å². The highest BCUT2D eigenvalue weighted by molar-refractivity contribution is 7.09. The summed E-state index contributed by atoms with van der Waals surface area (Å²) in [7, 11) is 1.62. The van der Waals surface area contributed by atoms with Crippen LogP contribution >= 0.6 is 11.3 Å². The lowest BCUT2D eigenvalue weighted by Gasteiger charge is -2.21. The minimum Gasteiger partial charge on any atom is -0.395 e. The van der Waals surface area contributed by atoms with Crippen LogP contribution < -0.4 is 5.73 Å². The molecule has 2 aromatic rings. The number of carbonyl (C=O) groups is 1. The summed E-state index contributed by atoms with van der Waals surface area (Å²) in [4.78, 5) is 15.5. The van der Waals surface area contributed by atoms with Crippen molar-refractivity contribution in [2.75, 3.05) is 26.0 Å². The molecule has 2 heterocycles. The first-order chi connectivity index (χ1) is 10.2. The van der Waals surface area contributed by atoms with Gasteiger partial charge in [0.15, 0.2) is 5.69 Å². The SMILES string of the molecule is CCc1[nH]nc(C(=O)N(CCOC)Cc2cccs2)c1N. The molecule has 0 fully saturated rings. The van der Waals surface area contributed by atoms with Crippen LogP contribution in [0.15, 0.2) is 17.5 Å². The molecule has 0 saturated carbocycles. The van der Waals surface area contributed by atoms with Gasteiger partial charge in [-0.25, -0.2) is 0 Å². The second-order valence-electron chi connectivity index (χ2n) is 4.62. The van der Waals surface area contributed by atoms with Crippen molar-refractivity contribution in [1.82, 2.24) is 15.1 Å².